The molecule has 1 N–H and O–H groups in total. The molecule has 2 aromatic rings. The molecule has 6 heteroatoms. The lowest BCUT2D eigenvalue weighted by Crippen LogP contribution is -2.31. The first-order valence-corrected chi connectivity index (χ1v) is 8.55. The van der Waals surface area contributed by atoms with E-state index in [2.05, 4.69) is 23.3 Å². The van der Waals surface area contributed by atoms with Gasteiger partial charge in [0.15, 0.2) is 0 Å². The zero-order valence-electron chi connectivity index (χ0n) is 13.8. The number of carbonyl (C=O) groups is 1. The van der Waals surface area contributed by atoms with E-state index in [-0.39, 0.29) is 5.91 Å². The SMILES string of the molecule is CCc1cccc(OCc2nc(C(=O)NCCN(C)C)cs2)c1. The van der Waals surface area contributed by atoms with Crippen LogP contribution in [0.1, 0.15) is 28.0 Å². The number of amides is 1. The molecule has 0 atom stereocenters. The first kappa shape index (κ1) is 17.4. The van der Waals surface area contributed by atoms with Crippen molar-refractivity contribution in [2.45, 2.75) is 20.0 Å². The van der Waals surface area contributed by atoms with Crippen LogP contribution < -0.4 is 10.1 Å². The van der Waals surface area contributed by atoms with Crippen molar-refractivity contribution in [1.82, 2.24) is 15.2 Å². The third-order valence-electron chi connectivity index (χ3n) is 3.30. The molecule has 1 heterocycles. The molecule has 0 bridgehead atoms. The zero-order chi connectivity index (χ0) is 16.7. The number of ether oxygens (including phenoxy) is 1. The third kappa shape index (κ3) is 5.65. The van der Waals surface area contributed by atoms with E-state index in [0.29, 0.717) is 18.8 Å². The van der Waals surface area contributed by atoms with E-state index in [0.717, 1.165) is 23.7 Å². The van der Waals surface area contributed by atoms with Crippen molar-refractivity contribution in [2.24, 2.45) is 0 Å². The molecule has 0 spiro atoms. The first-order chi connectivity index (χ1) is 11.1. The summed E-state index contributed by atoms with van der Waals surface area (Å²) in [5.74, 6) is 0.693. The van der Waals surface area contributed by atoms with Gasteiger partial charge in [-0.05, 0) is 38.2 Å². The van der Waals surface area contributed by atoms with Gasteiger partial charge in [-0.2, -0.15) is 0 Å². The van der Waals surface area contributed by atoms with Crippen LogP contribution in [0.4, 0.5) is 0 Å². The number of rotatable bonds is 8. The maximum absolute atomic E-state index is 12.0. The summed E-state index contributed by atoms with van der Waals surface area (Å²) < 4.78 is 5.75. The number of aryl methyl sites for hydroxylation is 1. The molecule has 0 aliphatic rings. The Bertz CT molecular complexity index is 640. The van der Waals surface area contributed by atoms with Crippen LogP contribution in [0.15, 0.2) is 29.6 Å². The summed E-state index contributed by atoms with van der Waals surface area (Å²) in [6, 6.07) is 8.02. The molecule has 124 valence electrons. The molecule has 0 aliphatic heterocycles. The van der Waals surface area contributed by atoms with Crippen LogP contribution in [0.3, 0.4) is 0 Å². The van der Waals surface area contributed by atoms with Crippen LogP contribution in [0.25, 0.3) is 0 Å². The Labute approximate surface area is 141 Å². The molecule has 5 nitrogen and oxygen atoms in total. The van der Waals surface area contributed by atoms with Gasteiger partial charge < -0.3 is 15.0 Å². The Morgan fingerprint density at radius 2 is 2.22 bits per heavy atom. The van der Waals surface area contributed by atoms with E-state index in [9.17, 15) is 4.79 Å². The number of carbonyl (C=O) groups excluding carboxylic acids is 1. The highest BCUT2D eigenvalue weighted by Crippen LogP contribution is 2.17. The highest BCUT2D eigenvalue weighted by molar-refractivity contribution is 7.09. The fourth-order valence-electron chi connectivity index (χ4n) is 1.97. The molecule has 1 amide bonds. The minimum atomic E-state index is -0.137. The van der Waals surface area contributed by atoms with E-state index < -0.39 is 0 Å². The minimum absolute atomic E-state index is 0.137. The van der Waals surface area contributed by atoms with Crippen molar-refractivity contribution in [3.8, 4) is 5.75 Å². The van der Waals surface area contributed by atoms with Crippen LogP contribution in [-0.2, 0) is 13.0 Å². The lowest BCUT2D eigenvalue weighted by atomic mass is 10.2. The van der Waals surface area contributed by atoms with Gasteiger partial charge in [0, 0.05) is 18.5 Å². The number of nitrogens with zero attached hydrogens (tertiary/aromatic N) is 2. The normalized spacial score (nSPS) is 10.8. The number of hydrogen-bond acceptors (Lipinski definition) is 5. The van der Waals surface area contributed by atoms with E-state index in [4.69, 9.17) is 4.74 Å². The summed E-state index contributed by atoms with van der Waals surface area (Å²) in [5.41, 5.74) is 1.69. The van der Waals surface area contributed by atoms with Crippen molar-refractivity contribution in [1.29, 1.82) is 0 Å². The van der Waals surface area contributed by atoms with Gasteiger partial charge in [0.2, 0.25) is 0 Å². The second kappa shape index (κ2) is 8.64. The Kier molecular flexibility index (Phi) is 6.55. The molecule has 0 unspecified atom stereocenters. The van der Waals surface area contributed by atoms with Gasteiger partial charge in [-0.3, -0.25) is 4.79 Å². The first-order valence-electron chi connectivity index (χ1n) is 7.67. The monoisotopic (exact) mass is 333 g/mol. The smallest absolute Gasteiger partial charge is 0.270 e. The summed E-state index contributed by atoms with van der Waals surface area (Å²) >= 11 is 1.44. The average molecular weight is 333 g/mol. The Hall–Kier alpha value is -1.92. The highest BCUT2D eigenvalue weighted by atomic mass is 32.1. The molecule has 0 aliphatic carbocycles. The molecule has 1 aromatic carbocycles. The van der Waals surface area contributed by atoms with Crippen molar-refractivity contribution < 1.29 is 9.53 Å². The molecule has 0 radical (unpaired) electrons. The van der Waals surface area contributed by atoms with Gasteiger partial charge in [-0.1, -0.05) is 19.1 Å². The zero-order valence-corrected chi connectivity index (χ0v) is 14.7. The average Bonchev–Trinajstić information content (AvgIpc) is 3.02. The predicted octanol–water partition coefficient (Wildman–Crippen LogP) is 2.58. The van der Waals surface area contributed by atoms with Crippen molar-refractivity contribution in [3.63, 3.8) is 0 Å². The number of benzene rings is 1. The Morgan fingerprint density at radius 3 is 2.96 bits per heavy atom. The Balaban J connectivity index is 1.85. The van der Waals surface area contributed by atoms with Crippen LogP contribution in [-0.4, -0.2) is 43.0 Å². The molecular formula is C17H23N3O2S. The van der Waals surface area contributed by atoms with E-state index in [1.165, 1.54) is 16.9 Å². The number of likely N-dealkylation sites (N-methyl/N-ethyl adjacent to an activating group) is 1. The standard InChI is InChI=1S/C17H23N3O2S/c1-4-13-6-5-7-14(10-13)22-11-16-19-15(12-23-16)17(21)18-8-9-20(2)3/h5-7,10,12H,4,8-9,11H2,1-3H3,(H,18,21). The largest absolute Gasteiger partial charge is 0.486 e. The molecule has 0 saturated heterocycles. The van der Waals surface area contributed by atoms with Crippen molar-refractivity contribution in [3.05, 3.63) is 45.9 Å². The molecule has 2 rings (SSSR count). The van der Waals surface area contributed by atoms with E-state index in [1.54, 1.807) is 5.38 Å². The molecular weight excluding hydrogens is 310 g/mol. The van der Waals surface area contributed by atoms with Gasteiger partial charge in [0.25, 0.3) is 5.91 Å². The fourth-order valence-corrected chi connectivity index (χ4v) is 2.65. The lowest BCUT2D eigenvalue weighted by molar-refractivity contribution is 0.0946. The second-order valence-corrected chi connectivity index (χ2v) is 6.42. The van der Waals surface area contributed by atoms with Gasteiger partial charge in [-0.15, -0.1) is 11.3 Å². The van der Waals surface area contributed by atoms with Crippen LogP contribution >= 0.6 is 11.3 Å². The maximum Gasteiger partial charge on any atom is 0.270 e. The summed E-state index contributed by atoms with van der Waals surface area (Å²) in [6.45, 7) is 3.91. The summed E-state index contributed by atoms with van der Waals surface area (Å²) in [6.07, 6.45) is 0.978. The van der Waals surface area contributed by atoms with Crippen LogP contribution in [0.5, 0.6) is 5.75 Å². The minimum Gasteiger partial charge on any atom is -0.486 e. The fraction of sp³-hybridized carbons (Fsp3) is 0.412. The summed E-state index contributed by atoms with van der Waals surface area (Å²) in [4.78, 5) is 18.3. The van der Waals surface area contributed by atoms with Crippen LogP contribution in [0, 0.1) is 0 Å². The quantitative estimate of drug-likeness (QED) is 0.807. The number of thiazole rings is 1. The summed E-state index contributed by atoms with van der Waals surface area (Å²) in [5, 5.41) is 5.42. The molecule has 1 aromatic heterocycles. The van der Waals surface area contributed by atoms with E-state index in [1.807, 2.05) is 37.2 Å². The predicted molar refractivity (Wildman–Crippen MR) is 93.2 cm³/mol. The van der Waals surface area contributed by atoms with Crippen molar-refractivity contribution in [2.75, 3.05) is 27.2 Å². The molecule has 23 heavy (non-hydrogen) atoms. The van der Waals surface area contributed by atoms with Gasteiger partial charge >= 0.3 is 0 Å². The molecule has 0 saturated carbocycles. The lowest BCUT2D eigenvalue weighted by Gasteiger charge is -2.09. The van der Waals surface area contributed by atoms with Gasteiger partial charge in [0.05, 0.1) is 0 Å². The van der Waals surface area contributed by atoms with Crippen LogP contribution in [0.2, 0.25) is 0 Å². The maximum atomic E-state index is 12.0. The Morgan fingerprint density at radius 1 is 1.39 bits per heavy atom. The summed E-state index contributed by atoms with van der Waals surface area (Å²) in [7, 11) is 3.94. The number of nitrogens with one attached hydrogen (secondary N) is 1. The topological polar surface area (TPSA) is 54.5 Å². The van der Waals surface area contributed by atoms with Gasteiger partial charge in [-0.25, -0.2) is 4.98 Å². The van der Waals surface area contributed by atoms with E-state index >= 15 is 0 Å². The highest BCUT2D eigenvalue weighted by Gasteiger charge is 2.10. The second-order valence-electron chi connectivity index (χ2n) is 5.48. The van der Waals surface area contributed by atoms with Gasteiger partial charge in [0.1, 0.15) is 23.1 Å². The number of hydrogen-bond donors (Lipinski definition) is 1. The third-order valence-corrected chi connectivity index (χ3v) is 4.12. The van der Waals surface area contributed by atoms with Crippen molar-refractivity contribution >= 4 is 17.2 Å². The molecule has 0 fully saturated rings. The number of aromatic nitrogens is 1.